The van der Waals surface area contributed by atoms with Crippen LogP contribution in [0.5, 0.6) is 5.75 Å². The fourth-order valence-electron chi connectivity index (χ4n) is 4.10. The number of aromatic nitrogens is 5. The van der Waals surface area contributed by atoms with Crippen molar-refractivity contribution >= 4 is 17.2 Å². The third-order valence-electron chi connectivity index (χ3n) is 5.39. The SMILES string of the molecule is COc1cccc(C2c3c(CC(C)C)n[nH]c3C(=O)N2c2ccc3ncnn3c2)c1. The molecule has 30 heavy (non-hydrogen) atoms. The van der Waals surface area contributed by atoms with Crippen LogP contribution in [0, 0.1) is 5.92 Å². The van der Waals surface area contributed by atoms with Crippen molar-refractivity contribution < 1.29 is 9.53 Å². The van der Waals surface area contributed by atoms with Gasteiger partial charge in [0.15, 0.2) is 5.65 Å². The summed E-state index contributed by atoms with van der Waals surface area (Å²) in [6.07, 6.45) is 4.11. The lowest BCUT2D eigenvalue weighted by Crippen LogP contribution is -2.29. The summed E-state index contributed by atoms with van der Waals surface area (Å²) in [7, 11) is 1.64. The Bertz CT molecular complexity index is 1240. The van der Waals surface area contributed by atoms with Crippen molar-refractivity contribution in [1.29, 1.82) is 0 Å². The van der Waals surface area contributed by atoms with Gasteiger partial charge >= 0.3 is 0 Å². The Kier molecular flexibility index (Phi) is 4.27. The van der Waals surface area contributed by atoms with Gasteiger partial charge in [0, 0.05) is 5.56 Å². The van der Waals surface area contributed by atoms with Crippen LogP contribution in [-0.2, 0) is 6.42 Å². The van der Waals surface area contributed by atoms with Gasteiger partial charge in [0.05, 0.1) is 30.7 Å². The van der Waals surface area contributed by atoms with Crippen molar-refractivity contribution in [2.45, 2.75) is 26.3 Å². The zero-order chi connectivity index (χ0) is 20.8. The number of anilines is 1. The highest BCUT2D eigenvalue weighted by atomic mass is 16.5. The Morgan fingerprint density at radius 1 is 1.23 bits per heavy atom. The van der Waals surface area contributed by atoms with E-state index in [0.29, 0.717) is 11.6 Å². The molecule has 0 spiro atoms. The van der Waals surface area contributed by atoms with Crippen LogP contribution in [0.15, 0.2) is 48.9 Å². The van der Waals surface area contributed by atoms with E-state index in [9.17, 15) is 4.79 Å². The standard InChI is InChI=1S/C22H22N6O2/c1-13(2)9-17-19-20(26-25-17)22(29)28(15-7-8-18-23-12-24-27(18)11-15)21(19)14-5-4-6-16(10-14)30-3/h4-8,10-13,21H,9H2,1-3H3,(H,25,26). The van der Waals surface area contributed by atoms with Crippen LogP contribution in [0.1, 0.15) is 47.2 Å². The third kappa shape index (κ3) is 2.83. The Hall–Kier alpha value is -3.68. The number of carbonyl (C=O) groups excluding carboxylic acids is 1. The molecule has 8 nitrogen and oxygen atoms in total. The van der Waals surface area contributed by atoms with Gasteiger partial charge in [-0.1, -0.05) is 26.0 Å². The maximum atomic E-state index is 13.5. The summed E-state index contributed by atoms with van der Waals surface area (Å²) in [6, 6.07) is 11.3. The molecule has 1 N–H and O–H groups in total. The van der Waals surface area contributed by atoms with Gasteiger partial charge in [0.2, 0.25) is 0 Å². The molecule has 0 saturated heterocycles. The van der Waals surface area contributed by atoms with E-state index in [-0.39, 0.29) is 11.9 Å². The summed E-state index contributed by atoms with van der Waals surface area (Å²) >= 11 is 0. The number of amides is 1. The highest BCUT2D eigenvalue weighted by Gasteiger charge is 2.43. The number of nitrogens with zero attached hydrogens (tertiary/aromatic N) is 5. The number of hydrogen-bond donors (Lipinski definition) is 1. The molecule has 1 aliphatic heterocycles. The van der Waals surface area contributed by atoms with Crippen molar-refractivity contribution in [3.8, 4) is 5.75 Å². The summed E-state index contributed by atoms with van der Waals surface area (Å²) in [4.78, 5) is 19.5. The molecular weight excluding hydrogens is 380 g/mol. The molecule has 152 valence electrons. The lowest BCUT2D eigenvalue weighted by Gasteiger charge is -2.26. The minimum atomic E-state index is -0.309. The first-order valence-electron chi connectivity index (χ1n) is 9.91. The summed E-state index contributed by atoms with van der Waals surface area (Å²) in [5, 5.41) is 11.7. The molecule has 4 heterocycles. The average Bonchev–Trinajstić information content (AvgIpc) is 3.43. The van der Waals surface area contributed by atoms with Gasteiger partial charge in [0.1, 0.15) is 17.8 Å². The van der Waals surface area contributed by atoms with Crippen molar-refractivity contribution in [3.05, 3.63) is 71.4 Å². The summed E-state index contributed by atoms with van der Waals surface area (Å²) < 4.78 is 7.12. The van der Waals surface area contributed by atoms with Crippen molar-refractivity contribution in [2.24, 2.45) is 5.92 Å². The fraction of sp³-hybridized carbons (Fsp3) is 0.273. The molecular formula is C22H22N6O2. The number of fused-ring (bicyclic) bond motifs is 2. The Morgan fingerprint density at radius 2 is 2.10 bits per heavy atom. The van der Waals surface area contributed by atoms with E-state index in [4.69, 9.17) is 4.74 Å². The molecule has 0 aliphatic carbocycles. The van der Waals surface area contributed by atoms with Crippen LogP contribution in [0.2, 0.25) is 0 Å². The first-order chi connectivity index (χ1) is 14.6. The molecule has 1 atom stereocenters. The molecule has 0 fully saturated rings. The lowest BCUT2D eigenvalue weighted by molar-refractivity contribution is 0.0988. The number of nitrogens with one attached hydrogen (secondary N) is 1. The zero-order valence-electron chi connectivity index (χ0n) is 17.0. The molecule has 1 aromatic carbocycles. The van der Waals surface area contributed by atoms with E-state index in [1.165, 1.54) is 6.33 Å². The molecule has 8 heteroatoms. The number of carbonyl (C=O) groups is 1. The molecule has 0 saturated carbocycles. The number of methoxy groups -OCH3 is 1. The Labute approximate surface area is 173 Å². The molecule has 1 aliphatic rings. The molecule has 1 amide bonds. The van der Waals surface area contributed by atoms with Crippen LogP contribution < -0.4 is 9.64 Å². The van der Waals surface area contributed by atoms with Crippen LogP contribution in [0.3, 0.4) is 0 Å². The third-order valence-corrected chi connectivity index (χ3v) is 5.39. The highest BCUT2D eigenvalue weighted by molar-refractivity contribution is 6.10. The van der Waals surface area contributed by atoms with E-state index in [0.717, 1.165) is 40.3 Å². The number of hydrogen-bond acceptors (Lipinski definition) is 5. The van der Waals surface area contributed by atoms with Gasteiger partial charge in [-0.3, -0.25) is 14.8 Å². The van der Waals surface area contributed by atoms with E-state index in [1.54, 1.807) is 16.5 Å². The maximum absolute atomic E-state index is 13.5. The minimum absolute atomic E-state index is 0.111. The average molecular weight is 402 g/mol. The van der Waals surface area contributed by atoms with Gasteiger partial charge in [-0.2, -0.15) is 10.2 Å². The number of pyridine rings is 1. The molecule has 0 bridgehead atoms. The van der Waals surface area contributed by atoms with Gasteiger partial charge in [-0.05, 0) is 42.2 Å². The Balaban J connectivity index is 1.70. The number of H-pyrrole nitrogens is 1. The van der Waals surface area contributed by atoms with E-state index in [2.05, 4.69) is 34.1 Å². The molecule has 4 aromatic rings. The van der Waals surface area contributed by atoms with E-state index < -0.39 is 0 Å². The summed E-state index contributed by atoms with van der Waals surface area (Å²) in [5.74, 6) is 1.05. The van der Waals surface area contributed by atoms with Crippen LogP contribution in [0.4, 0.5) is 5.69 Å². The van der Waals surface area contributed by atoms with Gasteiger partial charge in [-0.25, -0.2) is 9.50 Å². The van der Waals surface area contributed by atoms with Crippen LogP contribution in [-0.4, -0.2) is 37.8 Å². The molecule has 0 radical (unpaired) electrons. The summed E-state index contributed by atoms with van der Waals surface area (Å²) in [5.41, 5.74) is 4.82. The van der Waals surface area contributed by atoms with Gasteiger partial charge < -0.3 is 4.74 Å². The monoisotopic (exact) mass is 402 g/mol. The second-order valence-corrected chi connectivity index (χ2v) is 7.86. The zero-order valence-corrected chi connectivity index (χ0v) is 17.0. The molecule has 3 aromatic heterocycles. The predicted molar refractivity (Wildman–Crippen MR) is 112 cm³/mol. The predicted octanol–water partition coefficient (Wildman–Crippen LogP) is 3.41. The number of ether oxygens (including phenoxy) is 1. The second kappa shape index (κ2) is 6.98. The largest absolute Gasteiger partial charge is 0.497 e. The van der Waals surface area contributed by atoms with Crippen molar-refractivity contribution in [2.75, 3.05) is 12.0 Å². The maximum Gasteiger partial charge on any atom is 0.277 e. The van der Waals surface area contributed by atoms with E-state index in [1.807, 2.05) is 42.6 Å². The van der Waals surface area contributed by atoms with Gasteiger partial charge in [-0.15, -0.1) is 0 Å². The first-order valence-corrected chi connectivity index (χ1v) is 9.91. The second-order valence-electron chi connectivity index (χ2n) is 7.86. The minimum Gasteiger partial charge on any atom is -0.497 e. The first kappa shape index (κ1) is 18.4. The highest BCUT2D eigenvalue weighted by Crippen LogP contribution is 2.43. The number of benzene rings is 1. The lowest BCUT2D eigenvalue weighted by atomic mass is 9.95. The van der Waals surface area contributed by atoms with E-state index >= 15 is 0 Å². The van der Waals surface area contributed by atoms with Crippen molar-refractivity contribution in [3.63, 3.8) is 0 Å². The smallest absolute Gasteiger partial charge is 0.277 e. The van der Waals surface area contributed by atoms with Crippen molar-refractivity contribution in [1.82, 2.24) is 24.8 Å². The molecule has 1 unspecified atom stereocenters. The normalized spacial score (nSPS) is 15.9. The quantitative estimate of drug-likeness (QED) is 0.553. The molecule has 5 rings (SSSR count). The fourth-order valence-corrected chi connectivity index (χ4v) is 4.10. The number of rotatable bonds is 5. The Morgan fingerprint density at radius 3 is 2.90 bits per heavy atom. The van der Waals surface area contributed by atoms with Crippen LogP contribution in [0.25, 0.3) is 5.65 Å². The topological polar surface area (TPSA) is 88.4 Å². The van der Waals surface area contributed by atoms with Crippen LogP contribution >= 0.6 is 0 Å². The number of aromatic amines is 1. The van der Waals surface area contributed by atoms with Gasteiger partial charge in [0.25, 0.3) is 5.91 Å². The summed E-state index contributed by atoms with van der Waals surface area (Å²) in [6.45, 7) is 4.30.